The van der Waals surface area contributed by atoms with Crippen LogP contribution in [-0.2, 0) is 15.1 Å². The molecule has 4 nitrogen and oxygen atoms in total. The van der Waals surface area contributed by atoms with E-state index in [0.29, 0.717) is 0 Å². The molecule has 0 saturated carbocycles. The molecule has 1 heterocycles. The molecule has 0 amide bonds. The van der Waals surface area contributed by atoms with Gasteiger partial charge < -0.3 is 15.2 Å². The van der Waals surface area contributed by atoms with Gasteiger partial charge in [0.1, 0.15) is 17.9 Å². The summed E-state index contributed by atoms with van der Waals surface area (Å²) >= 11 is 0. The summed E-state index contributed by atoms with van der Waals surface area (Å²) < 4.78 is 7.05. The molecule has 0 bridgehead atoms. The number of ether oxygens (including phenoxy) is 1. The predicted molar refractivity (Wildman–Crippen MR) is 149 cm³/mol. The number of anilines is 1. The summed E-state index contributed by atoms with van der Waals surface area (Å²) in [4.78, 5) is 11.1. The zero-order chi connectivity index (χ0) is 25.8. The summed E-state index contributed by atoms with van der Waals surface area (Å²) in [7, 11) is 0. The number of carbonyl (C=O) groups is 1. The molecule has 4 aromatic rings. The molecular formula is C33H31NO3. The van der Waals surface area contributed by atoms with Crippen LogP contribution >= 0.6 is 0 Å². The van der Waals surface area contributed by atoms with Crippen LogP contribution in [0.4, 0.5) is 5.69 Å². The zero-order valence-corrected chi connectivity index (χ0v) is 21.1. The van der Waals surface area contributed by atoms with Crippen LogP contribution in [0.2, 0.25) is 0 Å². The number of carboxylic acid groups (broad SMARTS) is 1. The third-order valence-electron chi connectivity index (χ3n) is 7.15. The van der Waals surface area contributed by atoms with Crippen molar-refractivity contribution in [2.45, 2.75) is 31.8 Å². The van der Waals surface area contributed by atoms with Gasteiger partial charge in [-0.3, -0.25) is 4.79 Å². The summed E-state index contributed by atoms with van der Waals surface area (Å²) in [5.74, 6) is 0.0879. The Morgan fingerprint density at radius 2 is 1.51 bits per heavy atom. The largest absolute Gasteiger partial charge is 0.481 e. The fourth-order valence-corrected chi connectivity index (χ4v) is 5.46. The first-order valence-electron chi connectivity index (χ1n) is 12.7. The summed E-state index contributed by atoms with van der Waals surface area (Å²) in [6.07, 6.45) is 0.853. The second kappa shape index (κ2) is 10.4. The molecule has 2 atom stereocenters. The van der Waals surface area contributed by atoms with Crippen molar-refractivity contribution >= 4 is 17.4 Å². The number of benzene rings is 4. The van der Waals surface area contributed by atoms with E-state index in [1.807, 2.05) is 36.4 Å². The fraction of sp³-hybridized carbons (Fsp3) is 0.182. The van der Waals surface area contributed by atoms with Crippen molar-refractivity contribution in [2.24, 2.45) is 0 Å². The molecule has 5 rings (SSSR count). The molecule has 0 aliphatic carbocycles. The van der Waals surface area contributed by atoms with Gasteiger partial charge in [0.25, 0.3) is 0 Å². The van der Waals surface area contributed by atoms with E-state index in [9.17, 15) is 4.79 Å². The molecular weight excluding hydrogens is 458 g/mol. The van der Waals surface area contributed by atoms with Crippen molar-refractivity contribution in [3.8, 4) is 11.1 Å². The summed E-state index contributed by atoms with van der Waals surface area (Å²) in [5, 5.41) is 12.1. The molecule has 0 fully saturated rings. The van der Waals surface area contributed by atoms with E-state index in [0.717, 1.165) is 40.1 Å². The lowest BCUT2D eigenvalue weighted by Crippen LogP contribution is -2.29. The Balaban J connectivity index is 1.65. The zero-order valence-electron chi connectivity index (χ0n) is 21.1. The normalized spacial score (nSPS) is 18.9. The standard InChI is InChI=1S/C33H31NO3/c1-3-27-31(23-13-6-4-7-14-23)33(2,25-16-8-5-9-17-25)37-32(27)29-20-11-10-19-28(29)24-15-12-18-26(21-24)34-22-30(35)36/h4-21,31,34H,3,22H2,1-2H3,(H,35,36). The number of aliphatic carboxylic acids is 1. The Bertz CT molecular complexity index is 1430. The average Bonchev–Trinajstić information content (AvgIpc) is 3.26. The number of hydrogen-bond acceptors (Lipinski definition) is 3. The smallest absolute Gasteiger partial charge is 0.322 e. The van der Waals surface area contributed by atoms with Crippen LogP contribution in [0, 0.1) is 0 Å². The first kappa shape index (κ1) is 24.4. The molecule has 2 N–H and O–H groups in total. The lowest BCUT2D eigenvalue weighted by Gasteiger charge is -2.33. The van der Waals surface area contributed by atoms with Crippen molar-refractivity contribution in [2.75, 3.05) is 11.9 Å². The Morgan fingerprint density at radius 3 is 2.19 bits per heavy atom. The van der Waals surface area contributed by atoms with E-state index in [1.165, 1.54) is 11.1 Å². The molecule has 0 aromatic heterocycles. The molecule has 0 spiro atoms. The maximum atomic E-state index is 11.1. The molecule has 0 saturated heterocycles. The lowest BCUT2D eigenvalue weighted by molar-refractivity contribution is -0.134. The number of rotatable bonds is 8. The molecule has 2 unspecified atom stereocenters. The highest BCUT2D eigenvalue weighted by Crippen LogP contribution is 2.56. The van der Waals surface area contributed by atoms with E-state index in [4.69, 9.17) is 9.84 Å². The van der Waals surface area contributed by atoms with Crippen molar-refractivity contribution in [1.82, 2.24) is 0 Å². The highest BCUT2D eigenvalue weighted by molar-refractivity contribution is 5.83. The molecule has 186 valence electrons. The van der Waals surface area contributed by atoms with Gasteiger partial charge in [0.05, 0.1) is 5.92 Å². The second-order valence-electron chi connectivity index (χ2n) is 9.50. The first-order valence-corrected chi connectivity index (χ1v) is 12.7. The fourth-order valence-electron chi connectivity index (χ4n) is 5.46. The third-order valence-corrected chi connectivity index (χ3v) is 7.15. The van der Waals surface area contributed by atoms with Crippen LogP contribution in [0.25, 0.3) is 16.9 Å². The van der Waals surface area contributed by atoms with E-state index < -0.39 is 11.6 Å². The van der Waals surface area contributed by atoms with Gasteiger partial charge in [-0.15, -0.1) is 0 Å². The summed E-state index contributed by atoms with van der Waals surface area (Å²) in [6.45, 7) is 4.26. The molecule has 0 radical (unpaired) electrons. The minimum atomic E-state index is -0.893. The van der Waals surface area contributed by atoms with Crippen LogP contribution in [0.1, 0.15) is 42.9 Å². The van der Waals surface area contributed by atoms with Gasteiger partial charge in [-0.25, -0.2) is 0 Å². The average molecular weight is 490 g/mol. The monoisotopic (exact) mass is 489 g/mol. The highest BCUT2D eigenvalue weighted by atomic mass is 16.5. The van der Waals surface area contributed by atoms with Crippen LogP contribution in [0.3, 0.4) is 0 Å². The quantitative estimate of drug-likeness (QED) is 0.266. The molecule has 37 heavy (non-hydrogen) atoms. The van der Waals surface area contributed by atoms with Gasteiger partial charge in [-0.2, -0.15) is 0 Å². The molecule has 1 aliphatic rings. The Hall–Kier alpha value is -4.31. The predicted octanol–water partition coefficient (Wildman–Crippen LogP) is 7.70. The topological polar surface area (TPSA) is 58.6 Å². The SMILES string of the molecule is CCC1=C(c2ccccc2-c2cccc(NCC(=O)O)c2)OC(C)(c2ccccc2)C1c1ccccc1. The highest BCUT2D eigenvalue weighted by Gasteiger charge is 2.48. The minimum Gasteiger partial charge on any atom is -0.481 e. The first-order chi connectivity index (χ1) is 18.0. The minimum absolute atomic E-state index is 0.0627. The van der Waals surface area contributed by atoms with Gasteiger partial charge in [0, 0.05) is 11.3 Å². The number of nitrogens with one attached hydrogen (secondary N) is 1. The Morgan fingerprint density at radius 1 is 0.865 bits per heavy atom. The van der Waals surface area contributed by atoms with Gasteiger partial charge in [-0.05, 0) is 53.3 Å². The van der Waals surface area contributed by atoms with Gasteiger partial charge in [0.15, 0.2) is 0 Å². The van der Waals surface area contributed by atoms with Crippen LogP contribution in [0.15, 0.2) is 115 Å². The number of hydrogen-bond donors (Lipinski definition) is 2. The van der Waals surface area contributed by atoms with E-state index in [2.05, 4.69) is 92.0 Å². The molecule has 4 heteroatoms. The van der Waals surface area contributed by atoms with Gasteiger partial charge in [-0.1, -0.05) is 104 Å². The van der Waals surface area contributed by atoms with E-state index in [1.54, 1.807) is 0 Å². The van der Waals surface area contributed by atoms with Crippen LogP contribution < -0.4 is 5.32 Å². The number of carboxylic acids is 1. The van der Waals surface area contributed by atoms with Crippen LogP contribution in [-0.4, -0.2) is 17.6 Å². The van der Waals surface area contributed by atoms with Crippen molar-refractivity contribution in [3.05, 3.63) is 131 Å². The Labute approximate surface area is 218 Å². The maximum absolute atomic E-state index is 11.1. The lowest BCUT2D eigenvalue weighted by atomic mass is 9.75. The van der Waals surface area contributed by atoms with Gasteiger partial charge >= 0.3 is 5.97 Å². The molecule has 1 aliphatic heterocycles. The van der Waals surface area contributed by atoms with Gasteiger partial charge in [0.2, 0.25) is 0 Å². The van der Waals surface area contributed by atoms with Crippen LogP contribution in [0.5, 0.6) is 0 Å². The molecule has 4 aromatic carbocycles. The Kier molecular flexibility index (Phi) is 6.82. The summed E-state index contributed by atoms with van der Waals surface area (Å²) in [6, 6.07) is 37.3. The third kappa shape index (κ3) is 4.75. The second-order valence-corrected chi connectivity index (χ2v) is 9.50. The van der Waals surface area contributed by atoms with Crippen molar-refractivity contribution in [3.63, 3.8) is 0 Å². The van der Waals surface area contributed by atoms with Crippen molar-refractivity contribution < 1.29 is 14.6 Å². The maximum Gasteiger partial charge on any atom is 0.322 e. The van der Waals surface area contributed by atoms with Crippen molar-refractivity contribution in [1.29, 1.82) is 0 Å². The van der Waals surface area contributed by atoms with E-state index in [-0.39, 0.29) is 12.5 Å². The summed E-state index contributed by atoms with van der Waals surface area (Å²) in [5.41, 5.74) is 6.93. The van der Waals surface area contributed by atoms with E-state index >= 15 is 0 Å².